The number of hydrogen-bond donors (Lipinski definition) is 1. The molecule has 3 aromatic rings. The van der Waals surface area contributed by atoms with Gasteiger partial charge in [0, 0.05) is 23.4 Å². The van der Waals surface area contributed by atoms with Gasteiger partial charge in [0.15, 0.2) is 0 Å². The zero-order valence-corrected chi connectivity index (χ0v) is 15.7. The van der Waals surface area contributed by atoms with Gasteiger partial charge in [-0.3, -0.25) is 4.79 Å². The molecule has 0 atom stereocenters. The molecule has 26 heavy (non-hydrogen) atoms. The third kappa shape index (κ3) is 5.06. The molecule has 6 nitrogen and oxygen atoms in total. The highest BCUT2D eigenvalue weighted by Gasteiger charge is 2.10. The van der Waals surface area contributed by atoms with Gasteiger partial charge in [-0.25, -0.2) is 4.98 Å². The van der Waals surface area contributed by atoms with E-state index in [1.165, 1.54) is 0 Å². The van der Waals surface area contributed by atoms with Gasteiger partial charge in [-0.2, -0.15) is 4.98 Å². The summed E-state index contributed by atoms with van der Waals surface area (Å²) in [5.41, 5.74) is 1.53. The Hall–Kier alpha value is -2.38. The third-order valence-corrected chi connectivity index (χ3v) is 4.51. The number of nitrogens with zero attached hydrogens (tertiary/aromatic N) is 3. The van der Waals surface area contributed by atoms with E-state index in [-0.39, 0.29) is 5.91 Å². The van der Waals surface area contributed by atoms with Gasteiger partial charge in [0.25, 0.3) is 0 Å². The molecule has 0 aliphatic heterocycles. The van der Waals surface area contributed by atoms with Crippen molar-refractivity contribution in [3.8, 4) is 11.4 Å². The minimum absolute atomic E-state index is 0.0684. The van der Waals surface area contributed by atoms with Crippen molar-refractivity contribution in [2.75, 3.05) is 11.6 Å². The Morgan fingerprint density at radius 3 is 2.73 bits per heavy atom. The summed E-state index contributed by atoms with van der Waals surface area (Å²) in [7, 11) is 0. The number of hydrogen-bond acceptors (Lipinski definition) is 6. The van der Waals surface area contributed by atoms with Gasteiger partial charge >= 0.3 is 0 Å². The Labute approximate surface area is 160 Å². The summed E-state index contributed by atoms with van der Waals surface area (Å²) in [6, 6.07) is 10.9. The molecular weight excluding hydrogens is 372 g/mol. The predicted octanol–water partition coefficient (Wildman–Crippen LogP) is 4.47. The highest BCUT2D eigenvalue weighted by Crippen LogP contribution is 2.19. The Morgan fingerprint density at radius 1 is 1.23 bits per heavy atom. The monoisotopic (exact) mass is 388 g/mol. The first-order chi connectivity index (χ1) is 12.6. The van der Waals surface area contributed by atoms with Crippen molar-refractivity contribution in [1.82, 2.24) is 15.1 Å². The van der Waals surface area contributed by atoms with Crippen molar-refractivity contribution in [1.29, 1.82) is 0 Å². The fourth-order valence-corrected chi connectivity index (χ4v) is 2.76. The molecule has 3 rings (SSSR count). The lowest BCUT2D eigenvalue weighted by Crippen LogP contribution is -2.11. The van der Waals surface area contributed by atoms with E-state index in [2.05, 4.69) is 20.4 Å². The van der Waals surface area contributed by atoms with Crippen LogP contribution in [0.25, 0.3) is 11.4 Å². The number of amides is 1. The fourth-order valence-electron chi connectivity index (χ4n) is 2.27. The molecule has 0 saturated heterocycles. The number of pyridine rings is 1. The van der Waals surface area contributed by atoms with Crippen LogP contribution in [0.5, 0.6) is 0 Å². The van der Waals surface area contributed by atoms with Crippen LogP contribution >= 0.6 is 23.4 Å². The molecule has 2 aromatic heterocycles. The van der Waals surface area contributed by atoms with Gasteiger partial charge in [0.1, 0.15) is 0 Å². The van der Waals surface area contributed by atoms with Gasteiger partial charge in [0.2, 0.25) is 17.6 Å². The standard InChI is InChI=1S/C18H17ClN4O2S/c1-26-17-10-9-14(11-20-17)21-15(24)3-2-4-16-22-18(23-25-16)12-5-7-13(19)8-6-12/h5-11H,2-4H2,1H3,(H,21,24). The van der Waals surface area contributed by atoms with Crippen LogP contribution in [-0.2, 0) is 11.2 Å². The Balaban J connectivity index is 1.47. The molecule has 134 valence electrons. The van der Waals surface area contributed by atoms with Crippen molar-refractivity contribution in [3.63, 3.8) is 0 Å². The summed E-state index contributed by atoms with van der Waals surface area (Å²) < 4.78 is 5.24. The van der Waals surface area contributed by atoms with Crippen LogP contribution in [0.15, 0.2) is 52.1 Å². The Morgan fingerprint density at radius 2 is 2.04 bits per heavy atom. The second-order valence-corrected chi connectivity index (χ2v) is 6.77. The summed E-state index contributed by atoms with van der Waals surface area (Å²) >= 11 is 7.42. The minimum Gasteiger partial charge on any atom is -0.339 e. The highest BCUT2D eigenvalue weighted by atomic mass is 35.5. The van der Waals surface area contributed by atoms with Gasteiger partial charge < -0.3 is 9.84 Å². The van der Waals surface area contributed by atoms with Crippen LogP contribution in [0.1, 0.15) is 18.7 Å². The van der Waals surface area contributed by atoms with Crippen LogP contribution in [0.3, 0.4) is 0 Å². The molecule has 0 fully saturated rings. The smallest absolute Gasteiger partial charge is 0.226 e. The fraction of sp³-hybridized carbons (Fsp3) is 0.222. The number of halogens is 1. The van der Waals surface area contributed by atoms with Crippen LogP contribution < -0.4 is 5.32 Å². The van der Waals surface area contributed by atoms with E-state index in [1.54, 1.807) is 30.1 Å². The second-order valence-electron chi connectivity index (χ2n) is 5.51. The van der Waals surface area contributed by atoms with Crippen molar-refractivity contribution in [2.45, 2.75) is 24.3 Å². The number of rotatable bonds is 7. The lowest BCUT2D eigenvalue weighted by molar-refractivity contribution is -0.116. The number of nitrogens with one attached hydrogen (secondary N) is 1. The summed E-state index contributed by atoms with van der Waals surface area (Å²) in [5.74, 6) is 0.955. The molecule has 0 spiro atoms. The zero-order valence-electron chi connectivity index (χ0n) is 14.1. The maximum Gasteiger partial charge on any atom is 0.226 e. The number of aromatic nitrogens is 3. The maximum absolute atomic E-state index is 12.0. The molecule has 0 aliphatic rings. The van der Waals surface area contributed by atoms with Gasteiger partial charge in [0.05, 0.1) is 16.9 Å². The first kappa shape index (κ1) is 18.4. The topological polar surface area (TPSA) is 80.9 Å². The van der Waals surface area contributed by atoms with Crippen LogP contribution in [-0.4, -0.2) is 27.3 Å². The van der Waals surface area contributed by atoms with Gasteiger partial charge in [-0.15, -0.1) is 11.8 Å². The molecule has 0 saturated carbocycles. The SMILES string of the molecule is CSc1ccc(NC(=O)CCCc2nc(-c3ccc(Cl)cc3)no2)cn1. The van der Waals surface area contributed by atoms with Gasteiger partial charge in [-0.1, -0.05) is 16.8 Å². The number of carbonyl (C=O) groups is 1. The van der Waals surface area contributed by atoms with E-state index in [4.69, 9.17) is 16.1 Å². The first-order valence-corrected chi connectivity index (χ1v) is 9.63. The average Bonchev–Trinajstić information content (AvgIpc) is 3.12. The molecule has 0 aliphatic carbocycles. The highest BCUT2D eigenvalue weighted by molar-refractivity contribution is 7.98. The number of anilines is 1. The molecule has 8 heteroatoms. The Bertz CT molecular complexity index is 866. The van der Waals surface area contributed by atoms with E-state index < -0.39 is 0 Å². The number of aryl methyl sites for hydroxylation is 1. The molecule has 0 bridgehead atoms. The van der Waals surface area contributed by atoms with Crippen LogP contribution in [0.4, 0.5) is 5.69 Å². The van der Waals surface area contributed by atoms with E-state index in [0.717, 1.165) is 10.6 Å². The quantitative estimate of drug-likeness (QED) is 0.601. The van der Waals surface area contributed by atoms with E-state index in [0.29, 0.717) is 41.7 Å². The van der Waals surface area contributed by atoms with Gasteiger partial charge in [-0.05, 0) is 49.1 Å². The van der Waals surface area contributed by atoms with Crippen molar-refractivity contribution in [3.05, 3.63) is 53.5 Å². The summed E-state index contributed by atoms with van der Waals surface area (Å²) in [4.78, 5) is 20.6. The summed E-state index contributed by atoms with van der Waals surface area (Å²) in [5, 5.41) is 8.35. The van der Waals surface area contributed by atoms with Crippen molar-refractivity contribution >= 4 is 35.0 Å². The third-order valence-electron chi connectivity index (χ3n) is 3.59. The van der Waals surface area contributed by atoms with E-state index in [1.807, 2.05) is 30.5 Å². The normalized spacial score (nSPS) is 10.7. The predicted molar refractivity (Wildman–Crippen MR) is 102 cm³/mol. The second kappa shape index (κ2) is 8.82. The van der Waals surface area contributed by atoms with E-state index >= 15 is 0 Å². The van der Waals surface area contributed by atoms with Crippen LogP contribution in [0.2, 0.25) is 5.02 Å². The van der Waals surface area contributed by atoms with Crippen molar-refractivity contribution < 1.29 is 9.32 Å². The molecular formula is C18H17ClN4O2S. The minimum atomic E-state index is -0.0684. The first-order valence-electron chi connectivity index (χ1n) is 8.02. The lowest BCUT2D eigenvalue weighted by Gasteiger charge is -2.04. The summed E-state index contributed by atoms with van der Waals surface area (Å²) in [6.07, 6.45) is 5.13. The number of thioether (sulfide) groups is 1. The number of carbonyl (C=O) groups excluding carboxylic acids is 1. The molecule has 1 N–H and O–H groups in total. The molecule has 2 heterocycles. The molecule has 1 amide bonds. The number of benzene rings is 1. The summed E-state index contributed by atoms with van der Waals surface area (Å²) in [6.45, 7) is 0. The van der Waals surface area contributed by atoms with Crippen molar-refractivity contribution in [2.24, 2.45) is 0 Å². The van der Waals surface area contributed by atoms with Crippen LogP contribution in [0, 0.1) is 0 Å². The lowest BCUT2D eigenvalue weighted by atomic mass is 10.2. The molecule has 0 radical (unpaired) electrons. The molecule has 1 aromatic carbocycles. The van der Waals surface area contributed by atoms with E-state index in [9.17, 15) is 4.79 Å². The average molecular weight is 389 g/mol. The largest absolute Gasteiger partial charge is 0.339 e. The Kier molecular flexibility index (Phi) is 6.25. The zero-order chi connectivity index (χ0) is 18.4. The molecule has 0 unspecified atom stereocenters. The maximum atomic E-state index is 12.0.